The Labute approximate surface area is 175 Å². The molecule has 0 aliphatic carbocycles. The van der Waals surface area contributed by atoms with Crippen molar-refractivity contribution in [2.75, 3.05) is 0 Å². The quantitative estimate of drug-likeness (QED) is 0.506. The summed E-state index contributed by atoms with van der Waals surface area (Å²) < 4.78 is 2.32. The molecule has 0 spiro atoms. The highest BCUT2D eigenvalue weighted by atomic mass is 79.9. The van der Waals surface area contributed by atoms with Gasteiger partial charge in [-0.25, -0.2) is 4.68 Å². The molecule has 0 fully saturated rings. The fourth-order valence-electron chi connectivity index (χ4n) is 3.07. The molecule has 29 heavy (non-hydrogen) atoms. The van der Waals surface area contributed by atoms with Gasteiger partial charge in [0.2, 0.25) is 0 Å². The summed E-state index contributed by atoms with van der Waals surface area (Å²) in [6.07, 6.45) is 3.39. The van der Waals surface area contributed by atoms with Crippen molar-refractivity contribution >= 4 is 32.6 Å². The summed E-state index contributed by atoms with van der Waals surface area (Å²) in [5.41, 5.74) is 1.89. The minimum Gasteiger partial charge on any atom is -0.346 e. The van der Waals surface area contributed by atoms with Crippen LogP contribution in [-0.4, -0.2) is 20.7 Å². The maximum absolute atomic E-state index is 12.9. The first-order valence-electron chi connectivity index (χ1n) is 9.03. The number of pyridine rings is 1. The Bertz CT molecular complexity index is 1220. The highest BCUT2D eigenvalue weighted by molar-refractivity contribution is 9.10. The van der Waals surface area contributed by atoms with E-state index in [0.717, 1.165) is 15.4 Å². The fraction of sp³-hybridized carbons (Fsp3) is 0.0909. The Balaban J connectivity index is 1.66. The van der Waals surface area contributed by atoms with E-state index >= 15 is 0 Å². The molecule has 0 radical (unpaired) electrons. The molecule has 4 rings (SSSR count). The van der Waals surface area contributed by atoms with Gasteiger partial charge in [-0.05, 0) is 42.0 Å². The molecule has 0 aliphatic heterocycles. The van der Waals surface area contributed by atoms with Crippen molar-refractivity contribution < 1.29 is 4.79 Å². The van der Waals surface area contributed by atoms with Crippen molar-refractivity contribution in [3.63, 3.8) is 0 Å². The molecule has 4 aromatic rings. The third-order valence-electron chi connectivity index (χ3n) is 4.52. The van der Waals surface area contributed by atoms with Crippen molar-refractivity contribution in [3.8, 4) is 0 Å². The zero-order valence-electron chi connectivity index (χ0n) is 15.4. The summed E-state index contributed by atoms with van der Waals surface area (Å²) in [5.74, 6) is -0.201. The first-order valence-corrected chi connectivity index (χ1v) is 9.82. The summed E-state index contributed by atoms with van der Waals surface area (Å²) in [5, 5.41) is 8.72. The standard InChI is InChI=1S/C22H17BrN4O2/c23-17-9-7-16(8-10-17)21(28)25-13-20-18-5-1-2-6-19(18)22(29)27(26-20)14-15-4-3-11-24-12-15/h1-12H,13-14H2,(H,25,28). The lowest BCUT2D eigenvalue weighted by Gasteiger charge is -2.12. The van der Waals surface area contributed by atoms with E-state index in [4.69, 9.17) is 0 Å². The van der Waals surface area contributed by atoms with Gasteiger partial charge in [-0.1, -0.05) is 40.2 Å². The molecule has 2 heterocycles. The molecule has 0 bridgehead atoms. The molecule has 144 valence electrons. The lowest BCUT2D eigenvalue weighted by atomic mass is 10.1. The normalized spacial score (nSPS) is 10.8. The van der Waals surface area contributed by atoms with Crippen molar-refractivity contribution in [1.82, 2.24) is 20.1 Å². The Hall–Kier alpha value is -3.32. The summed E-state index contributed by atoms with van der Waals surface area (Å²) in [7, 11) is 0. The van der Waals surface area contributed by atoms with Gasteiger partial charge in [-0.15, -0.1) is 0 Å². The average molecular weight is 449 g/mol. The summed E-state index contributed by atoms with van der Waals surface area (Å²) >= 11 is 3.36. The van der Waals surface area contributed by atoms with E-state index in [2.05, 4.69) is 31.3 Å². The second-order valence-corrected chi connectivity index (χ2v) is 7.42. The van der Waals surface area contributed by atoms with Crippen LogP contribution in [0.1, 0.15) is 21.6 Å². The predicted molar refractivity (Wildman–Crippen MR) is 115 cm³/mol. The first kappa shape index (κ1) is 19.0. The number of halogens is 1. The third-order valence-corrected chi connectivity index (χ3v) is 5.05. The average Bonchev–Trinajstić information content (AvgIpc) is 2.76. The third kappa shape index (κ3) is 4.25. The Morgan fingerprint density at radius 3 is 2.48 bits per heavy atom. The van der Waals surface area contributed by atoms with E-state index in [1.54, 1.807) is 30.6 Å². The number of carbonyl (C=O) groups excluding carboxylic acids is 1. The van der Waals surface area contributed by atoms with Crippen LogP contribution in [0, 0.1) is 0 Å². The van der Waals surface area contributed by atoms with Crippen LogP contribution in [0.15, 0.2) is 82.3 Å². The van der Waals surface area contributed by atoms with Gasteiger partial charge in [0.1, 0.15) is 0 Å². The Morgan fingerprint density at radius 2 is 1.76 bits per heavy atom. The molecule has 0 saturated carbocycles. The van der Waals surface area contributed by atoms with Crippen molar-refractivity contribution in [3.05, 3.63) is 105 Å². The van der Waals surface area contributed by atoms with Crippen molar-refractivity contribution in [2.45, 2.75) is 13.1 Å². The van der Waals surface area contributed by atoms with Crippen LogP contribution in [-0.2, 0) is 13.1 Å². The molecule has 6 nitrogen and oxygen atoms in total. The van der Waals surface area contributed by atoms with Gasteiger partial charge in [-0.2, -0.15) is 5.10 Å². The number of hydrogen-bond acceptors (Lipinski definition) is 4. The van der Waals surface area contributed by atoms with Crippen LogP contribution in [0.5, 0.6) is 0 Å². The number of amides is 1. The fourth-order valence-corrected chi connectivity index (χ4v) is 3.34. The van der Waals surface area contributed by atoms with E-state index < -0.39 is 0 Å². The summed E-state index contributed by atoms with van der Waals surface area (Å²) in [6, 6.07) is 18.1. The highest BCUT2D eigenvalue weighted by Crippen LogP contribution is 2.15. The maximum atomic E-state index is 12.9. The van der Waals surface area contributed by atoms with E-state index in [1.807, 2.05) is 42.5 Å². The second-order valence-electron chi connectivity index (χ2n) is 6.51. The SMILES string of the molecule is O=C(NCc1nn(Cc2cccnc2)c(=O)c2ccccc12)c1ccc(Br)cc1. The highest BCUT2D eigenvalue weighted by Gasteiger charge is 2.12. The molecule has 7 heteroatoms. The number of benzene rings is 2. The number of rotatable bonds is 5. The van der Waals surface area contributed by atoms with E-state index in [0.29, 0.717) is 23.2 Å². The topological polar surface area (TPSA) is 76.9 Å². The van der Waals surface area contributed by atoms with Gasteiger partial charge >= 0.3 is 0 Å². The van der Waals surface area contributed by atoms with E-state index in [-0.39, 0.29) is 18.0 Å². The van der Waals surface area contributed by atoms with Gasteiger partial charge in [0.25, 0.3) is 11.5 Å². The smallest absolute Gasteiger partial charge is 0.274 e. The number of nitrogens with one attached hydrogen (secondary N) is 1. The van der Waals surface area contributed by atoms with Crippen LogP contribution in [0.2, 0.25) is 0 Å². The van der Waals surface area contributed by atoms with Crippen LogP contribution >= 0.6 is 15.9 Å². The maximum Gasteiger partial charge on any atom is 0.274 e. The number of carbonyl (C=O) groups is 1. The predicted octanol–water partition coefficient (Wildman–Crippen LogP) is 3.53. The Morgan fingerprint density at radius 1 is 1.00 bits per heavy atom. The minimum absolute atomic E-state index is 0.174. The number of aromatic nitrogens is 3. The molecule has 0 saturated heterocycles. The molecular formula is C22H17BrN4O2. The molecule has 0 unspecified atom stereocenters. The zero-order chi connectivity index (χ0) is 20.2. The molecule has 1 amide bonds. The summed E-state index contributed by atoms with van der Waals surface area (Å²) in [4.78, 5) is 29.4. The Kier molecular flexibility index (Phi) is 5.48. The number of fused-ring (bicyclic) bond motifs is 1. The van der Waals surface area contributed by atoms with Crippen LogP contribution in [0.25, 0.3) is 10.8 Å². The minimum atomic E-state index is -0.201. The van der Waals surface area contributed by atoms with Gasteiger partial charge in [0, 0.05) is 27.8 Å². The van der Waals surface area contributed by atoms with Crippen molar-refractivity contribution in [2.24, 2.45) is 0 Å². The molecule has 0 atom stereocenters. The lowest BCUT2D eigenvalue weighted by molar-refractivity contribution is 0.0950. The number of nitrogens with zero attached hydrogens (tertiary/aromatic N) is 3. The van der Waals surface area contributed by atoms with Crippen molar-refractivity contribution in [1.29, 1.82) is 0 Å². The van der Waals surface area contributed by atoms with E-state index in [1.165, 1.54) is 4.68 Å². The second kappa shape index (κ2) is 8.36. The van der Waals surface area contributed by atoms with Gasteiger partial charge in [0.15, 0.2) is 0 Å². The number of hydrogen-bond donors (Lipinski definition) is 1. The molecular weight excluding hydrogens is 432 g/mol. The molecule has 1 N–H and O–H groups in total. The largest absolute Gasteiger partial charge is 0.346 e. The van der Waals surface area contributed by atoms with E-state index in [9.17, 15) is 9.59 Å². The zero-order valence-corrected chi connectivity index (χ0v) is 17.0. The van der Waals surface area contributed by atoms with Crippen LogP contribution in [0.3, 0.4) is 0 Å². The lowest BCUT2D eigenvalue weighted by Crippen LogP contribution is -2.29. The van der Waals surface area contributed by atoms with Gasteiger partial charge in [-0.3, -0.25) is 14.6 Å². The molecule has 2 aromatic heterocycles. The van der Waals surface area contributed by atoms with Gasteiger partial charge < -0.3 is 5.32 Å². The molecule has 2 aromatic carbocycles. The van der Waals surface area contributed by atoms with Crippen LogP contribution in [0.4, 0.5) is 0 Å². The summed E-state index contributed by atoms with van der Waals surface area (Å²) in [6.45, 7) is 0.522. The van der Waals surface area contributed by atoms with Crippen LogP contribution < -0.4 is 10.9 Å². The monoisotopic (exact) mass is 448 g/mol. The first-order chi connectivity index (χ1) is 14.1. The molecule has 0 aliphatic rings. The van der Waals surface area contributed by atoms with Gasteiger partial charge in [0.05, 0.1) is 24.2 Å².